The van der Waals surface area contributed by atoms with Gasteiger partial charge < -0.3 is 9.32 Å². The average Bonchev–Trinajstić information content (AvgIpc) is 3.45. The molecule has 0 fully saturated rings. The molecule has 0 bridgehead atoms. The Hall–Kier alpha value is -6.17. The van der Waals surface area contributed by atoms with Crippen LogP contribution in [0.3, 0.4) is 0 Å². The summed E-state index contributed by atoms with van der Waals surface area (Å²) in [6.45, 7) is 15.1. The normalized spacial score (nSPS) is 10.8. The van der Waals surface area contributed by atoms with Crippen LogP contribution in [0.5, 0.6) is 0 Å². The SMILES string of the molecule is [C-]#[N+]c1ccc(N(c2ccc(-c3ccncc3)cc2)c2ccc(-c3cccc4c3oc3ccccc34)cc2)cc1[N+]#[C-]. The predicted octanol–water partition coefficient (Wildman–Crippen LogP) is 10.9. The van der Waals surface area contributed by atoms with E-state index in [4.69, 9.17) is 17.6 Å². The molecule has 7 aromatic rings. The van der Waals surface area contributed by atoms with E-state index in [1.807, 2.05) is 36.4 Å². The van der Waals surface area contributed by atoms with Gasteiger partial charge in [-0.1, -0.05) is 72.8 Å². The minimum absolute atomic E-state index is 0.328. The first kappa shape index (κ1) is 24.8. The largest absolute Gasteiger partial charge is 0.455 e. The van der Waals surface area contributed by atoms with E-state index < -0.39 is 0 Å². The van der Waals surface area contributed by atoms with E-state index >= 15 is 0 Å². The minimum Gasteiger partial charge on any atom is -0.455 e. The van der Waals surface area contributed by atoms with Crippen molar-refractivity contribution in [3.05, 3.63) is 157 Å². The maximum Gasteiger partial charge on any atom is 0.196 e. The summed E-state index contributed by atoms with van der Waals surface area (Å²) >= 11 is 0. The van der Waals surface area contributed by atoms with Gasteiger partial charge in [-0.25, -0.2) is 0 Å². The molecule has 0 aliphatic heterocycles. The molecule has 7 rings (SSSR count). The molecule has 0 aliphatic rings. The lowest BCUT2D eigenvalue weighted by Crippen LogP contribution is -2.09. The third-order valence-electron chi connectivity index (χ3n) is 7.44. The van der Waals surface area contributed by atoms with Crippen LogP contribution in [0, 0.1) is 13.1 Å². The number of hydrogen-bond acceptors (Lipinski definition) is 3. The summed E-state index contributed by atoms with van der Waals surface area (Å²) in [5, 5.41) is 2.19. The minimum atomic E-state index is 0.328. The summed E-state index contributed by atoms with van der Waals surface area (Å²) in [6.07, 6.45) is 3.57. The molecule has 196 valence electrons. The number of anilines is 3. The first-order valence-corrected chi connectivity index (χ1v) is 13.4. The molecule has 0 radical (unpaired) electrons. The number of benzene rings is 5. The highest BCUT2D eigenvalue weighted by atomic mass is 16.3. The third-order valence-corrected chi connectivity index (χ3v) is 7.44. The number of hydrogen-bond donors (Lipinski definition) is 0. The number of aromatic nitrogens is 1. The molecule has 2 heterocycles. The zero-order valence-electron chi connectivity index (χ0n) is 22.4. The van der Waals surface area contributed by atoms with Crippen molar-refractivity contribution in [1.29, 1.82) is 0 Å². The Kier molecular flexibility index (Phi) is 6.17. The van der Waals surface area contributed by atoms with Gasteiger partial charge in [0.05, 0.1) is 13.1 Å². The van der Waals surface area contributed by atoms with Crippen LogP contribution in [-0.4, -0.2) is 4.98 Å². The van der Waals surface area contributed by atoms with E-state index in [0.717, 1.165) is 61.3 Å². The standard InChI is InChI=1S/C37H22N4O/c1-38-34-19-18-30(24-35(34)39-2)41(28-14-10-25(11-15-28)26-20-22-40-23-21-26)29-16-12-27(13-17-29)31-7-5-8-33-32-6-3-4-9-36(32)42-37(31)33/h3-24H. The molecule has 0 aliphatic carbocycles. The molecule has 0 amide bonds. The van der Waals surface area contributed by atoms with Gasteiger partial charge in [0, 0.05) is 45.8 Å². The van der Waals surface area contributed by atoms with Gasteiger partial charge in [-0.15, -0.1) is 0 Å². The fraction of sp³-hybridized carbons (Fsp3) is 0. The molecular formula is C37H22N4O. The summed E-state index contributed by atoms with van der Waals surface area (Å²) in [5.41, 5.74) is 9.32. The van der Waals surface area contributed by atoms with Gasteiger partial charge in [-0.3, -0.25) is 14.7 Å². The third kappa shape index (κ3) is 4.32. The maximum absolute atomic E-state index is 7.64. The van der Waals surface area contributed by atoms with Crippen LogP contribution in [0.1, 0.15) is 0 Å². The van der Waals surface area contributed by atoms with Crippen LogP contribution in [-0.2, 0) is 0 Å². The van der Waals surface area contributed by atoms with Crippen LogP contribution in [0.25, 0.3) is 53.9 Å². The van der Waals surface area contributed by atoms with Gasteiger partial charge >= 0.3 is 0 Å². The smallest absolute Gasteiger partial charge is 0.196 e. The van der Waals surface area contributed by atoms with Crippen molar-refractivity contribution in [2.45, 2.75) is 0 Å². The maximum atomic E-state index is 7.64. The van der Waals surface area contributed by atoms with E-state index in [9.17, 15) is 0 Å². The fourth-order valence-corrected chi connectivity index (χ4v) is 5.39. The van der Waals surface area contributed by atoms with Gasteiger partial charge in [0.25, 0.3) is 0 Å². The second-order valence-corrected chi connectivity index (χ2v) is 9.84. The number of para-hydroxylation sites is 2. The van der Waals surface area contributed by atoms with Gasteiger partial charge in [0.2, 0.25) is 0 Å². The quantitative estimate of drug-likeness (QED) is 0.205. The van der Waals surface area contributed by atoms with Gasteiger partial charge in [0.1, 0.15) is 11.2 Å². The molecule has 5 nitrogen and oxygen atoms in total. The van der Waals surface area contributed by atoms with E-state index in [0.29, 0.717) is 11.4 Å². The second kappa shape index (κ2) is 10.4. The number of furan rings is 1. The van der Waals surface area contributed by atoms with E-state index in [-0.39, 0.29) is 0 Å². The van der Waals surface area contributed by atoms with Crippen molar-refractivity contribution in [3.63, 3.8) is 0 Å². The summed E-state index contributed by atoms with van der Waals surface area (Å²) < 4.78 is 6.28. The molecule has 0 unspecified atom stereocenters. The van der Waals surface area contributed by atoms with Gasteiger partial charge in [0.15, 0.2) is 11.4 Å². The van der Waals surface area contributed by atoms with Crippen molar-refractivity contribution >= 4 is 50.4 Å². The topological polar surface area (TPSA) is 38.0 Å². The number of rotatable bonds is 5. The summed E-state index contributed by atoms with van der Waals surface area (Å²) in [5.74, 6) is 0. The molecule has 42 heavy (non-hydrogen) atoms. The molecule has 5 aromatic carbocycles. The molecule has 0 saturated carbocycles. The highest BCUT2D eigenvalue weighted by Crippen LogP contribution is 2.41. The molecule has 5 heteroatoms. The zero-order chi connectivity index (χ0) is 28.5. The Bertz CT molecular complexity index is 2150. The monoisotopic (exact) mass is 538 g/mol. The van der Waals surface area contributed by atoms with Crippen molar-refractivity contribution in [2.24, 2.45) is 0 Å². The molecule has 2 aromatic heterocycles. The van der Waals surface area contributed by atoms with Gasteiger partial charge in [-0.2, -0.15) is 0 Å². The first-order chi connectivity index (χ1) is 20.7. The van der Waals surface area contributed by atoms with Gasteiger partial charge in [-0.05, 0) is 65.2 Å². The highest BCUT2D eigenvalue weighted by Gasteiger charge is 2.17. The van der Waals surface area contributed by atoms with E-state index in [1.165, 1.54) is 0 Å². The van der Waals surface area contributed by atoms with Crippen molar-refractivity contribution in [2.75, 3.05) is 4.90 Å². The molecule has 0 saturated heterocycles. The number of pyridine rings is 1. The van der Waals surface area contributed by atoms with Crippen LogP contribution in [0.2, 0.25) is 0 Å². The summed E-state index contributed by atoms with van der Waals surface area (Å²) in [6, 6.07) is 40.3. The molecule has 0 atom stereocenters. The Morgan fingerprint density at radius 3 is 1.88 bits per heavy atom. The lowest BCUT2D eigenvalue weighted by Gasteiger charge is -2.26. The Balaban J connectivity index is 1.32. The fourth-order valence-electron chi connectivity index (χ4n) is 5.39. The van der Waals surface area contributed by atoms with Crippen LogP contribution in [0.15, 0.2) is 138 Å². The predicted molar refractivity (Wildman–Crippen MR) is 170 cm³/mol. The van der Waals surface area contributed by atoms with E-state index in [1.54, 1.807) is 24.5 Å². The summed E-state index contributed by atoms with van der Waals surface area (Å²) in [4.78, 5) is 13.4. The van der Waals surface area contributed by atoms with Crippen LogP contribution in [0.4, 0.5) is 28.4 Å². The zero-order valence-corrected chi connectivity index (χ0v) is 22.4. The lowest BCUT2D eigenvalue weighted by molar-refractivity contribution is 0.670. The van der Waals surface area contributed by atoms with Crippen molar-refractivity contribution in [1.82, 2.24) is 4.98 Å². The molecule has 0 N–H and O–H groups in total. The molecular weight excluding hydrogens is 516 g/mol. The second-order valence-electron chi connectivity index (χ2n) is 9.84. The van der Waals surface area contributed by atoms with Crippen LogP contribution < -0.4 is 4.90 Å². The highest BCUT2D eigenvalue weighted by molar-refractivity contribution is 6.09. The molecule has 0 spiro atoms. The number of fused-ring (bicyclic) bond motifs is 3. The Morgan fingerprint density at radius 2 is 1.17 bits per heavy atom. The van der Waals surface area contributed by atoms with Crippen LogP contribution >= 0.6 is 0 Å². The van der Waals surface area contributed by atoms with Crippen molar-refractivity contribution in [3.8, 4) is 22.3 Å². The Morgan fingerprint density at radius 1 is 0.548 bits per heavy atom. The van der Waals surface area contributed by atoms with E-state index in [2.05, 4.69) is 92.4 Å². The first-order valence-electron chi connectivity index (χ1n) is 13.4. The summed E-state index contributed by atoms with van der Waals surface area (Å²) in [7, 11) is 0. The number of nitrogens with zero attached hydrogens (tertiary/aromatic N) is 4. The van der Waals surface area contributed by atoms with Crippen molar-refractivity contribution < 1.29 is 4.42 Å². The average molecular weight is 539 g/mol. The Labute approximate surface area is 243 Å². The lowest BCUT2D eigenvalue weighted by atomic mass is 10.0.